The molecule has 1 fully saturated rings. The average Bonchev–Trinajstić information content (AvgIpc) is 2.88. The van der Waals surface area contributed by atoms with Gasteiger partial charge in [-0.25, -0.2) is 15.0 Å². The molecule has 3 aromatic rings. The Balaban J connectivity index is 1.61. The molecular weight excluding hydrogens is 466 g/mol. The van der Waals surface area contributed by atoms with E-state index in [2.05, 4.69) is 53.1 Å². The van der Waals surface area contributed by atoms with Gasteiger partial charge >= 0.3 is 0 Å². The Labute approximate surface area is 217 Å². The topological polar surface area (TPSA) is 163 Å². The fourth-order valence-corrected chi connectivity index (χ4v) is 4.65. The molecule has 1 aliphatic heterocycles. The third kappa shape index (κ3) is 5.69. The van der Waals surface area contributed by atoms with Gasteiger partial charge in [-0.3, -0.25) is 5.41 Å². The van der Waals surface area contributed by atoms with Gasteiger partial charge in [0.05, 0.1) is 23.5 Å². The third-order valence-corrected chi connectivity index (χ3v) is 6.76. The van der Waals surface area contributed by atoms with Crippen LogP contribution in [0.4, 0.5) is 11.6 Å². The quantitative estimate of drug-likeness (QED) is 0.277. The number of nitrogen functional groups attached to an aromatic ring is 1. The number of anilines is 2. The van der Waals surface area contributed by atoms with E-state index in [1.165, 1.54) is 12.5 Å². The zero-order chi connectivity index (χ0) is 26.5. The number of aromatic nitrogens is 3. The largest absolute Gasteiger partial charge is 0.474 e. The van der Waals surface area contributed by atoms with Crippen molar-refractivity contribution in [2.75, 3.05) is 24.1 Å². The molecule has 0 spiro atoms. The molecule has 10 heteroatoms. The van der Waals surface area contributed by atoms with Crippen molar-refractivity contribution in [3.8, 4) is 5.88 Å². The number of nitrogens with one attached hydrogen (secondary N) is 3. The molecule has 0 aliphatic carbocycles. The molecule has 194 valence electrons. The van der Waals surface area contributed by atoms with E-state index in [9.17, 15) is 0 Å². The van der Waals surface area contributed by atoms with Crippen LogP contribution < -0.4 is 21.5 Å². The Hall–Kier alpha value is -4.05. The first-order valence-electron chi connectivity index (χ1n) is 12.5. The van der Waals surface area contributed by atoms with Gasteiger partial charge in [0.1, 0.15) is 24.1 Å². The summed E-state index contributed by atoms with van der Waals surface area (Å²) in [5, 5.41) is 21.3. The normalized spacial score (nSPS) is 15.2. The van der Waals surface area contributed by atoms with E-state index >= 15 is 0 Å². The van der Waals surface area contributed by atoms with Gasteiger partial charge in [0, 0.05) is 42.5 Å². The second kappa shape index (κ2) is 11.3. The first-order valence-corrected chi connectivity index (χ1v) is 12.5. The molecule has 0 atom stereocenters. The lowest BCUT2D eigenvalue weighted by Crippen LogP contribution is -2.41. The number of likely N-dealkylation sites (tertiary alicyclic amines) is 1. The highest BCUT2D eigenvalue weighted by molar-refractivity contribution is 6.25. The molecule has 1 saturated heterocycles. The molecule has 4 rings (SSSR count). The Morgan fingerprint density at radius 2 is 2.03 bits per heavy atom. The first kappa shape index (κ1) is 26.0. The first-order chi connectivity index (χ1) is 17.8. The van der Waals surface area contributed by atoms with Gasteiger partial charge in [-0.15, -0.1) is 0 Å². The zero-order valence-electron chi connectivity index (χ0n) is 21.6. The zero-order valence-corrected chi connectivity index (χ0v) is 21.6. The van der Waals surface area contributed by atoms with E-state index in [0.29, 0.717) is 24.3 Å². The minimum Gasteiger partial charge on any atom is -0.474 e. The van der Waals surface area contributed by atoms with E-state index < -0.39 is 0 Å². The van der Waals surface area contributed by atoms with Crippen LogP contribution in [-0.4, -0.2) is 57.0 Å². The monoisotopic (exact) mass is 501 g/mol. The number of aryl methyl sites for hydroxylation is 1. The summed E-state index contributed by atoms with van der Waals surface area (Å²) >= 11 is 0. The summed E-state index contributed by atoms with van der Waals surface area (Å²) in [4.78, 5) is 15.7. The van der Waals surface area contributed by atoms with E-state index in [-0.39, 0.29) is 28.8 Å². The number of rotatable bonds is 9. The van der Waals surface area contributed by atoms with Crippen LogP contribution in [0.5, 0.6) is 5.88 Å². The maximum atomic E-state index is 8.46. The van der Waals surface area contributed by atoms with Crippen molar-refractivity contribution >= 4 is 34.3 Å². The molecule has 37 heavy (non-hydrogen) atoms. The van der Waals surface area contributed by atoms with Crippen molar-refractivity contribution in [1.29, 1.82) is 10.8 Å². The van der Waals surface area contributed by atoms with Crippen LogP contribution in [0.3, 0.4) is 0 Å². The number of ether oxygens (including phenoxy) is 1. The molecule has 2 aromatic heterocycles. The lowest BCUT2D eigenvalue weighted by molar-refractivity contribution is 0.0822. The molecule has 0 radical (unpaired) electrons. The lowest BCUT2D eigenvalue weighted by Gasteiger charge is -2.34. The van der Waals surface area contributed by atoms with Crippen LogP contribution in [0.1, 0.15) is 43.5 Å². The van der Waals surface area contributed by atoms with Crippen LogP contribution in [0.25, 0.3) is 10.8 Å². The second-order valence-corrected chi connectivity index (χ2v) is 9.52. The smallest absolute Gasteiger partial charge is 0.222 e. The highest BCUT2D eigenvalue weighted by Crippen LogP contribution is 2.31. The number of benzene rings is 1. The van der Waals surface area contributed by atoms with Gasteiger partial charge in [0.25, 0.3) is 0 Å². The predicted molar refractivity (Wildman–Crippen MR) is 148 cm³/mol. The summed E-state index contributed by atoms with van der Waals surface area (Å²) in [6.45, 7) is 8.89. The van der Waals surface area contributed by atoms with E-state index in [0.717, 1.165) is 54.2 Å². The van der Waals surface area contributed by atoms with E-state index in [1.54, 1.807) is 0 Å². The molecule has 0 amide bonds. The van der Waals surface area contributed by atoms with Gasteiger partial charge < -0.3 is 31.8 Å². The Bertz CT molecular complexity index is 1330. The highest BCUT2D eigenvalue weighted by atomic mass is 16.5. The van der Waals surface area contributed by atoms with Crippen molar-refractivity contribution < 1.29 is 4.74 Å². The van der Waals surface area contributed by atoms with Gasteiger partial charge in [0.15, 0.2) is 0 Å². The van der Waals surface area contributed by atoms with Crippen molar-refractivity contribution in [3.05, 3.63) is 59.2 Å². The average molecular weight is 502 g/mol. The number of allylic oxidation sites excluding steroid dienone is 1. The fraction of sp³-hybridized carbons (Fsp3) is 0.370. The minimum atomic E-state index is -0.0306. The number of pyridine rings is 1. The number of hydrogen-bond acceptors (Lipinski definition) is 10. The molecule has 1 aliphatic rings. The molecule has 0 saturated carbocycles. The Kier molecular flexibility index (Phi) is 7.98. The number of fused-ring (bicyclic) bond motifs is 1. The summed E-state index contributed by atoms with van der Waals surface area (Å²) in [5.74, 6) is 1.14. The highest BCUT2D eigenvalue weighted by Gasteiger charge is 2.24. The summed E-state index contributed by atoms with van der Waals surface area (Å²) in [5.41, 5.74) is 14.0. The third-order valence-electron chi connectivity index (χ3n) is 6.76. The van der Waals surface area contributed by atoms with Gasteiger partial charge in [-0.2, -0.15) is 0 Å². The molecule has 1 aromatic carbocycles. The van der Waals surface area contributed by atoms with Crippen LogP contribution >= 0.6 is 0 Å². The summed E-state index contributed by atoms with van der Waals surface area (Å²) in [7, 11) is 0. The number of piperidine rings is 1. The van der Waals surface area contributed by atoms with E-state index in [1.807, 2.05) is 12.1 Å². The maximum absolute atomic E-state index is 8.46. The standard InChI is InChI=1S/C27H35N9O/c1-16(2)36-9-7-21(8-10-36)37-27-22-17(3)5-4-6-18(22)11-20(35-27)14-32-26-23(25(31)33-15-34-26)24(30)19(12-28)13-29/h4-6,11-13,15-16,21,28,30H,7-10,14,29H2,1-3H3,(H3,31,32,33,34)/b19-13+,28-12?,30-24?. The molecule has 0 unspecified atom stereocenters. The van der Waals surface area contributed by atoms with Crippen LogP contribution in [0.2, 0.25) is 0 Å². The number of nitrogens with two attached hydrogens (primary N) is 2. The van der Waals surface area contributed by atoms with Crippen LogP contribution in [-0.2, 0) is 6.54 Å². The van der Waals surface area contributed by atoms with Crippen molar-refractivity contribution in [1.82, 2.24) is 19.9 Å². The Morgan fingerprint density at radius 1 is 1.27 bits per heavy atom. The van der Waals surface area contributed by atoms with Crippen molar-refractivity contribution in [2.45, 2.75) is 52.3 Å². The second-order valence-electron chi connectivity index (χ2n) is 9.52. The van der Waals surface area contributed by atoms with Crippen molar-refractivity contribution in [2.24, 2.45) is 5.73 Å². The van der Waals surface area contributed by atoms with Crippen LogP contribution in [0.15, 0.2) is 42.4 Å². The van der Waals surface area contributed by atoms with E-state index in [4.69, 9.17) is 32.0 Å². The van der Waals surface area contributed by atoms with Gasteiger partial charge in [-0.1, -0.05) is 18.2 Å². The summed E-state index contributed by atoms with van der Waals surface area (Å²) < 4.78 is 6.52. The molecular formula is C27H35N9O. The maximum Gasteiger partial charge on any atom is 0.222 e. The van der Waals surface area contributed by atoms with Crippen LogP contribution in [0, 0.1) is 17.7 Å². The molecule has 10 nitrogen and oxygen atoms in total. The lowest BCUT2D eigenvalue weighted by atomic mass is 10.0. The SMILES string of the molecule is Cc1cccc2cc(CNc3ncnc(N)c3C(=N)/C(C=N)=C/N)nc(OC3CCN(C(C)C)CC3)c12. The minimum absolute atomic E-state index is 0.0306. The van der Waals surface area contributed by atoms with Gasteiger partial charge in [0.2, 0.25) is 5.88 Å². The predicted octanol–water partition coefficient (Wildman–Crippen LogP) is 3.64. The molecule has 3 heterocycles. The molecule has 0 bridgehead atoms. The van der Waals surface area contributed by atoms with Crippen molar-refractivity contribution in [3.63, 3.8) is 0 Å². The summed E-state index contributed by atoms with van der Waals surface area (Å²) in [6, 6.07) is 8.73. The fourth-order valence-electron chi connectivity index (χ4n) is 4.65. The number of hydrogen-bond donors (Lipinski definition) is 5. The van der Waals surface area contributed by atoms with Gasteiger partial charge in [-0.05, 0) is 50.6 Å². The summed E-state index contributed by atoms with van der Waals surface area (Å²) in [6.07, 6.45) is 5.57. The number of nitrogens with zero attached hydrogens (tertiary/aromatic N) is 4. The Morgan fingerprint density at radius 3 is 2.70 bits per heavy atom. The molecule has 7 N–H and O–H groups in total.